The topological polar surface area (TPSA) is 130 Å². The number of nitrogens with zero attached hydrogens (tertiary/aromatic N) is 2. The number of aromatic nitrogens is 2. The predicted octanol–water partition coefficient (Wildman–Crippen LogP) is 1.11. The van der Waals surface area contributed by atoms with Gasteiger partial charge in [-0.05, 0) is 25.0 Å². The third-order valence-corrected chi connectivity index (χ3v) is 2.44. The maximum Gasteiger partial charge on any atom is 0.0736 e. The van der Waals surface area contributed by atoms with Crippen LogP contribution in [0.5, 0.6) is 0 Å². The van der Waals surface area contributed by atoms with Gasteiger partial charge in [0.05, 0.1) is 35.1 Å². The summed E-state index contributed by atoms with van der Waals surface area (Å²) in [7, 11) is 0. The molecular weight excluding hydrogens is 228 g/mol. The molecule has 0 aliphatic rings. The van der Waals surface area contributed by atoms with Crippen LogP contribution >= 0.6 is 0 Å². The maximum absolute atomic E-state index is 5.52. The number of nitrogen functional groups attached to an aromatic ring is 4. The van der Waals surface area contributed by atoms with Gasteiger partial charge in [-0.15, -0.1) is 0 Å². The van der Waals surface area contributed by atoms with Gasteiger partial charge in [-0.3, -0.25) is 9.97 Å². The summed E-state index contributed by atoms with van der Waals surface area (Å²) in [6.45, 7) is 3.75. The molecule has 0 aliphatic heterocycles. The molecular formula is C12H18N6. The molecule has 0 atom stereocenters. The molecule has 96 valence electrons. The Morgan fingerprint density at radius 2 is 1.00 bits per heavy atom. The first-order valence-corrected chi connectivity index (χ1v) is 5.34. The van der Waals surface area contributed by atoms with E-state index in [2.05, 4.69) is 9.97 Å². The average molecular weight is 246 g/mol. The SMILES string of the molecule is Cc1cncc(N)c1N.Cc1cncc(N)c1N. The third-order valence-electron chi connectivity index (χ3n) is 2.44. The van der Waals surface area contributed by atoms with Crippen LogP contribution in [0.1, 0.15) is 11.1 Å². The van der Waals surface area contributed by atoms with E-state index in [0.717, 1.165) is 11.1 Å². The molecule has 6 heteroatoms. The largest absolute Gasteiger partial charge is 0.397 e. The summed E-state index contributed by atoms with van der Waals surface area (Å²) in [6.07, 6.45) is 6.46. The van der Waals surface area contributed by atoms with Gasteiger partial charge in [0, 0.05) is 12.4 Å². The average Bonchev–Trinajstić information content (AvgIpc) is 2.34. The van der Waals surface area contributed by atoms with Crippen molar-refractivity contribution >= 4 is 22.7 Å². The first-order chi connectivity index (χ1) is 8.43. The van der Waals surface area contributed by atoms with Gasteiger partial charge >= 0.3 is 0 Å². The first-order valence-electron chi connectivity index (χ1n) is 5.34. The fourth-order valence-electron chi connectivity index (χ4n) is 1.19. The van der Waals surface area contributed by atoms with E-state index in [1.807, 2.05) is 13.8 Å². The normalized spacial score (nSPS) is 9.44. The number of pyridine rings is 2. The van der Waals surface area contributed by atoms with Gasteiger partial charge in [0.1, 0.15) is 0 Å². The van der Waals surface area contributed by atoms with Gasteiger partial charge in [0.2, 0.25) is 0 Å². The molecule has 0 aliphatic carbocycles. The summed E-state index contributed by atoms with van der Waals surface area (Å²) >= 11 is 0. The highest BCUT2D eigenvalue weighted by atomic mass is 14.8. The van der Waals surface area contributed by atoms with Crippen LogP contribution in [0.15, 0.2) is 24.8 Å². The molecule has 2 rings (SSSR count). The van der Waals surface area contributed by atoms with Crippen LogP contribution in [0.25, 0.3) is 0 Å². The summed E-state index contributed by atoms with van der Waals surface area (Å²) in [5.74, 6) is 0. The zero-order valence-corrected chi connectivity index (χ0v) is 10.5. The fourth-order valence-corrected chi connectivity index (χ4v) is 1.19. The Bertz CT molecular complexity index is 448. The first kappa shape index (κ1) is 13.6. The van der Waals surface area contributed by atoms with Gasteiger partial charge in [0.25, 0.3) is 0 Å². The van der Waals surface area contributed by atoms with E-state index >= 15 is 0 Å². The van der Waals surface area contributed by atoms with E-state index < -0.39 is 0 Å². The second-order valence-corrected chi connectivity index (χ2v) is 3.92. The molecule has 6 nitrogen and oxygen atoms in total. The van der Waals surface area contributed by atoms with E-state index in [-0.39, 0.29) is 0 Å². The van der Waals surface area contributed by atoms with Crippen molar-refractivity contribution in [3.05, 3.63) is 35.9 Å². The van der Waals surface area contributed by atoms with Crippen LogP contribution in [0.2, 0.25) is 0 Å². The van der Waals surface area contributed by atoms with E-state index in [1.54, 1.807) is 24.8 Å². The molecule has 0 spiro atoms. The second kappa shape index (κ2) is 5.72. The zero-order chi connectivity index (χ0) is 13.7. The highest BCUT2D eigenvalue weighted by molar-refractivity contribution is 5.65. The Labute approximate surface area is 106 Å². The van der Waals surface area contributed by atoms with Gasteiger partial charge < -0.3 is 22.9 Å². The number of hydrogen-bond donors (Lipinski definition) is 4. The molecule has 0 radical (unpaired) electrons. The molecule has 18 heavy (non-hydrogen) atoms. The maximum atomic E-state index is 5.52. The van der Waals surface area contributed by atoms with Crippen LogP contribution in [-0.4, -0.2) is 9.97 Å². The number of hydrogen-bond acceptors (Lipinski definition) is 6. The minimum absolute atomic E-state index is 0.551. The molecule has 8 N–H and O–H groups in total. The highest BCUT2D eigenvalue weighted by Crippen LogP contribution is 2.15. The Kier molecular flexibility index (Phi) is 4.31. The minimum Gasteiger partial charge on any atom is -0.397 e. The smallest absolute Gasteiger partial charge is 0.0736 e. The lowest BCUT2D eigenvalue weighted by molar-refractivity contribution is 1.28. The van der Waals surface area contributed by atoms with Crippen molar-refractivity contribution in [1.82, 2.24) is 9.97 Å². The number of aryl methyl sites for hydroxylation is 2. The Morgan fingerprint density at radius 3 is 1.22 bits per heavy atom. The Balaban J connectivity index is 0.000000180. The lowest BCUT2D eigenvalue weighted by Crippen LogP contribution is -1.97. The van der Waals surface area contributed by atoms with E-state index in [9.17, 15) is 0 Å². The summed E-state index contributed by atoms with van der Waals surface area (Å²) < 4.78 is 0. The van der Waals surface area contributed by atoms with Crippen molar-refractivity contribution in [1.29, 1.82) is 0 Å². The molecule has 2 aromatic heterocycles. The molecule has 0 aromatic carbocycles. The summed E-state index contributed by atoms with van der Waals surface area (Å²) in [6, 6.07) is 0. The van der Waals surface area contributed by atoms with Crippen molar-refractivity contribution in [2.75, 3.05) is 22.9 Å². The Hall–Kier alpha value is -2.50. The molecule has 0 saturated carbocycles. The van der Waals surface area contributed by atoms with Crippen LogP contribution in [0, 0.1) is 13.8 Å². The molecule has 2 heterocycles. The number of anilines is 4. The van der Waals surface area contributed by atoms with E-state index in [1.165, 1.54) is 0 Å². The minimum atomic E-state index is 0.551. The molecule has 0 bridgehead atoms. The number of nitrogens with two attached hydrogens (primary N) is 4. The Morgan fingerprint density at radius 1 is 0.667 bits per heavy atom. The monoisotopic (exact) mass is 246 g/mol. The lowest BCUT2D eigenvalue weighted by atomic mass is 10.2. The molecule has 0 unspecified atom stereocenters. The standard InChI is InChI=1S/2C6H9N3/c2*1-4-2-9-3-5(7)6(4)8/h2*2-3H,7H2,1H3,(H2,8,9). The fraction of sp³-hybridized carbons (Fsp3) is 0.167. The summed E-state index contributed by atoms with van der Waals surface area (Å²) in [4.78, 5) is 7.68. The van der Waals surface area contributed by atoms with Crippen molar-refractivity contribution in [2.45, 2.75) is 13.8 Å². The van der Waals surface area contributed by atoms with Gasteiger partial charge in [-0.2, -0.15) is 0 Å². The van der Waals surface area contributed by atoms with Gasteiger partial charge in [0.15, 0.2) is 0 Å². The zero-order valence-electron chi connectivity index (χ0n) is 10.5. The van der Waals surface area contributed by atoms with E-state index in [4.69, 9.17) is 22.9 Å². The van der Waals surface area contributed by atoms with Crippen LogP contribution in [0.3, 0.4) is 0 Å². The van der Waals surface area contributed by atoms with Crippen LogP contribution in [0.4, 0.5) is 22.7 Å². The van der Waals surface area contributed by atoms with Crippen LogP contribution < -0.4 is 22.9 Å². The van der Waals surface area contributed by atoms with E-state index in [0.29, 0.717) is 22.7 Å². The predicted molar refractivity (Wildman–Crippen MR) is 75.6 cm³/mol. The number of rotatable bonds is 0. The lowest BCUT2D eigenvalue weighted by Gasteiger charge is -1.99. The third kappa shape index (κ3) is 3.24. The highest BCUT2D eigenvalue weighted by Gasteiger charge is 1.95. The summed E-state index contributed by atoms with van der Waals surface area (Å²) in [5.41, 5.74) is 26.1. The quantitative estimate of drug-likeness (QED) is 0.551. The van der Waals surface area contributed by atoms with Crippen molar-refractivity contribution in [3.63, 3.8) is 0 Å². The van der Waals surface area contributed by atoms with Gasteiger partial charge in [-0.25, -0.2) is 0 Å². The molecule has 0 amide bonds. The van der Waals surface area contributed by atoms with Crippen LogP contribution in [-0.2, 0) is 0 Å². The molecule has 0 saturated heterocycles. The van der Waals surface area contributed by atoms with Gasteiger partial charge in [-0.1, -0.05) is 0 Å². The van der Waals surface area contributed by atoms with Crippen molar-refractivity contribution in [3.8, 4) is 0 Å². The second-order valence-electron chi connectivity index (χ2n) is 3.92. The molecule has 2 aromatic rings. The summed E-state index contributed by atoms with van der Waals surface area (Å²) in [5, 5.41) is 0. The van der Waals surface area contributed by atoms with Crippen molar-refractivity contribution < 1.29 is 0 Å². The van der Waals surface area contributed by atoms with Crippen molar-refractivity contribution in [2.24, 2.45) is 0 Å². The molecule has 0 fully saturated rings.